The molecule has 0 aliphatic heterocycles. The molecule has 0 radical (unpaired) electrons. The summed E-state index contributed by atoms with van der Waals surface area (Å²) in [7, 11) is 0. The molecule has 294 valence electrons. The normalized spacial score (nSPS) is 11.8. The molecule has 13 aromatic rings. The van der Waals surface area contributed by atoms with Gasteiger partial charge < -0.3 is 4.57 Å². The number of rotatable bonds is 6. The zero-order valence-electron chi connectivity index (χ0n) is 33.7. The highest BCUT2D eigenvalue weighted by molar-refractivity contribution is 6.26. The Bertz CT molecular complexity index is 3810. The summed E-state index contributed by atoms with van der Waals surface area (Å²) in [4.78, 5) is 25.4. The summed E-state index contributed by atoms with van der Waals surface area (Å²) in [5, 5.41) is 6.86. The Morgan fingerprint density at radius 3 is 1.54 bits per heavy atom. The number of aromatic nitrogens is 8. The Morgan fingerprint density at radius 1 is 0.317 bits per heavy atom. The van der Waals surface area contributed by atoms with Crippen LogP contribution in [0.1, 0.15) is 0 Å². The third-order valence-corrected chi connectivity index (χ3v) is 12.1. The minimum absolute atomic E-state index is 0.609. The van der Waals surface area contributed by atoms with E-state index in [1.807, 2.05) is 72.9 Å². The SMILES string of the molecule is c1ccc(-c2nc(-c3ccccc3)nc(-c3cccc(-n4c5ccccc5c5c4ccc4c6ccccc6n(-c6cccc(-n7c8ccccc8c8cccnc87)n6)c45)c3)n2)cc1. The van der Waals surface area contributed by atoms with Crippen molar-refractivity contribution in [3.05, 3.63) is 206 Å². The van der Waals surface area contributed by atoms with Gasteiger partial charge in [-0.2, -0.15) is 0 Å². The van der Waals surface area contributed by atoms with E-state index in [1.54, 1.807) is 0 Å². The van der Waals surface area contributed by atoms with Crippen molar-refractivity contribution in [3.63, 3.8) is 0 Å². The van der Waals surface area contributed by atoms with Gasteiger partial charge in [0.25, 0.3) is 0 Å². The van der Waals surface area contributed by atoms with Gasteiger partial charge in [-0.1, -0.05) is 140 Å². The van der Waals surface area contributed by atoms with Crippen LogP contribution in [0, 0.1) is 0 Å². The van der Waals surface area contributed by atoms with Crippen LogP contribution in [0.3, 0.4) is 0 Å². The van der Waals surface area contributed by atoms with Crippen molar-refractivity contribution in [1.82, 2.24) is 38.6 Å². The van der Waals surface area contributed by atoms with Crippen LogP contribution in [-0.4, -0.2) is 38.6 Å². The van der Waals surface area contributed by atoms with Gasteiger partial charge in [0.2, 0.25) is 0 Å². The third kappa shape index (κ3) is 5.45. The van der Waals surface area contributed by atoms with Gasteiger partial charge in [0.1, 0.15) is 17.3 Å². The fourth-order valence-corrected chi connectivity index (χ4v) is 9.44. The van der Waals surface area contributed by atoms with E-state index >= 15 is 0 Å². The maximum atomic E-state index is 5.47. The molecule has 8 heteroatoms. The Morgan fingerprint density at radius 2 is 0.841 bits per heavy atom. The molecule has 0 saturated carbocycles. The fourth-order valence-electron chi connectivity index (χ4n) is 9.44. The molecule has 0 unspecified atom stereocenters. The van der Waals surface area contributed by atoms with E-state index in [0.29, 0.717) is 17.5 Å². The first-order chi connectivity index (χ1) is 31.3. The van der Waals surface area contributed by atoms with Gasteiger partial charge in [0.05, 0.1) is 27.6 Å². The standard InChI is InChI=1S/C55H34N8/c1-3-16-35(17-4-1)52-58-53(36-18-5-2-6-19-36)60-54(59-52)37-20-13-21-38(34-37)61-46-28-12-9-24-43(46)50-47(61)32-31-41-39-22-7-10-26-44(39)62(51(41)50)48-29-14-30-49(57-48)63-45-27-11-8-23-40(45)42-25-15-33-56-55(42)63/h1-34H. The zero-order valence-corrected chi connectivity index (χ0v) is 33.7. The molecule has 13 rings (SSSR count). The van der Waals surface area contributed by atoms with E-state index in [4.69, 9.17) is 24.9 Å². The Hall–Kier alpha value is -8.75. The monoisotopic (exact) mass is 806 g/mol. The summed E-state index contributed by atoms with van der Waals surface area (Å²) in [6.07, 6.45) is 1.85. The second-order valence-corrected chi connectivity index (χ2v) is 15.7. The Balaban J connectivity index is 1.04. The number of hydrogen-bond donors (Lipinski definition) is 0. The molecule has 0 aliphatic carbocycles. The zero-order chi connectivity index (χ0) is 41.4. The molecule has 0 fully saturated rings. The van der Waals surface area contributed by atoms with Crippen molar-refractivity contribution < 1.29 is 0 Å². The molecule has 8 nitrogen and oxygen atoms in total. The van der Waals surface area contributed by atoms with Crippen LogP contribution in [0.15, 0.2) is 206 Å². The summed E-state index contributed by atoms with van der Waals surface area (Å²) in [5.74, 6) is 3.49. The smallest absolute Gasteiger partial charge is 0.164 e. The van der Waals surface area contributed by atoms with Gasteiger partial charge in [-0.3, -0.25) is 9.13 Å². The first-order valence-corrected chi connectivity index (χ1v) is 21.0. The van der Waals surface area contributed by atoms with Crippen LogP contribution in [0.25, 0.3) is 117 Å². The Labute approximate surface area is 360 Å². The van der Waals surface area contributed by atoms with E-state index in [2.05, 4.69) is 147 Å². The first kappa shape index (κ1) is 35.0. The molecule has 0 N–H and O–H groups in total. The first-order valence-electron chi connectivity index (χ1n) is 21.0. The minimum atomic E-state index is 0.609. The maximum Gasteiger partial charge on any atom is 0.164 e. The second kappa shape index (κ2) is 13.9. The highest BCUT2D eigenvalue weighted by Crippen LogP contribution is 2.42. The van der Waals surface area contributed by atoms with Crippen LogP contribution in [0.4, 0.5) is 0 Å². The Kier molecular flexibility index (Phi) is 7.74. The minimum Gasteiger partial charge on any atom is -0.309 e. The number of benzene rings is 7. The highest BCUT2D eigenvalue weighted by Gasteiger charge is 2.23. The van der Waals surface area contributed by atoms with Crippen LogP contribution < -0.4 is 0 Å². The van der Waals surface area contributed by atoms with E-state index in [1.165, 1.54) is 0 Å². The maximum absolute atomic E-state index is 5.47. The largest absolute Gasteiger partial charge is 0.309 e. The van der Waals surface area contributed by atoms with E-state index in [-0.39, 0.29) is 0 Å². The summed E-state index contributed by atoms with van der Waals surface area (Å²) in [6, 6.07) is 69.4. The summed E-state index contributed by atoms with van der Waals surface area (Å²) < 4.78 is 6.88. The fraction of sp³-hybridized carbons (Fsp3) is 0. The number of nitrogens with zero attached hydrogens (tertiary/aromatic N) is 8. The molecule has 6 aromatic heterocycles. The lowest BCUT2D eigenvalue weighted by Crippen LogP contribution is -2.03. The molecule has 0 bridgehead atoms. The lowest BCUT2D eigenvalue weighted by molar-refractivity contribution is 1.00. The molecule has 0 spiro atoms. The van der Waals surface area contributed by atoms with E-state index in [9.17, 15) is 0 Å². The van der Waals surface area contributed by atoms with Gasteiger partial charge in [0, 0.05) is 60.9 Å². The molecule has 63 heavy (non-hydrogen) atoms. The van der Waals surface area contributed by atoms with Crippen LogP contribution in [-0.2, 0) is 0 Å². The van der Waals surface area contributed by atoms with Gasteiger partial charge in [-0.15, -0.1) is 0 Å². The molecule has 0 saturated heterocycles. The predicted octanol–water partition coefficient (Wildman–Crippen LogP) is 13.0. The highest BCUT2D eigenvalue weighted by atomic mass is 15.2. The van der Waals surface area contributed by atoms with Crippen molar-refractivity contribution in [2.45, 2.75) is 0 Å². The van der Waals surface area contributed by atoms with E-state index in [0.717, 1.165) is 99.6 Å². The lowest BCUT2D eigenvalue weighted by atomic mass is 10.1. The summed E-state index contributed by atoms with van der Waals surface area (Å²) in [6.45, 7) is 0. The molecule has 7 aromatic carbocycles. The van der Waals surface area contributed by atoms with Gasteiger partial charge in [-0.05, 0) is 60.7 Å². The predicted molar refractivity (Wildman–Crippen MR) is 255 cm³/mol. The topological polar surface area (TPSA) is 79.2 Å². The quantitative estimate of drug-likeness (QED) is 0.167. The van der Waals surface area contributed by atoms with Crippen molar-refractivity contribution in [1.29, 1.82) is 0 Å². The molecule has 6 heterocycles. The second-order valence-electron chi connectivity index (χ2n) is 15.7. The molecule has 0 amide bonds. The molecule has 0 atom stereocenters. The molecular weight excluding hydrogens is 773 g/mol. The van der Waals surface area contributed by atoms with Gasteiger partial charge in [0.15, 0.2) is 17.5 Å². The van der Waals surface area contributed by atoms with Crippen LogP contribution in [0.5, 0.6) is 0 Å². The lowest BCUT2D eigenvalue weighted by Gasteiger charge is -2.12. The van der Waals surface area contributed by atoms with Crippen molar-refractivity contribution in [3.8, 4) is 51.5 Å². The summed E-state index contributed by atoms with van der Waals surface area (Å²) in [5.41, 5.74) is 10.1. The van der Waals surface area contributed by atoms with Gasteiger partial charge >= 0.3 is 0 Å². The number of para-hydroxylation sites is 3. The van der Waals surface area contributed by atoms with Gasteiger partial charge in [-0.25, -0.2) is 24.9 Å². The average Bonchev–Trinajstić information content (AvgIpc) is 4.00. The molecular formula is C55H34N8. The van der Waals surface area contributed by atoms with Crippen LogP contribution in [0.2, 0.25) is 0 Å². The van der Waals surface area contributed by atoms with Crippen molar-refractivity contribution in [2.75, 3.05) is 0 Å². The summed E-state index contributed by atoms with van der Waals surface area (Å²) >= 11 is 0. The number of pyridine rings is 2. The third-order valence-electron chi connectivity index (χ3n) is 12.1. The average molecular weight is 807 g/mol. The van der Waals surface area contributed by atoms with E-state index < -0.39 is 0 Å². The van der Waals surface area contributed by atoms with Crippen molar-refractivity contribution in [2.24, 2.45) is 0 Å². The number of hydrogen-bond acceptors (Lipinski definition) is 5. The molecule has 0 aliphatic rings. The van der Waals surface area contributed by atoms with Crippen molar-refractivity contribution >= 4 is 65.5 Å². The number of fused-ring (bicyclic) bond motifs is 10. The van der Waals surface area contributed by atoms with Crippen LogP contribution >= 0.6 is 0 Å².